The van der Waals surface area contributed by atoms with Crippen molar-refractivity contribution >= 4 is 23.4 Å². The van der Waals surface area contributed by atoms with E-state index in [-0.39, 0.29) is 28.5 Å². The van der Waals surface area contributed by atoms with Gasteiger partial charge in [0.15, 0.2) is 0 Å². The van der Waals surface area contributed by atoms with E-state index in [0.29, 0.717) is 19.4 Å². The normalized spacial score (nSPS) is 17.9. The summed E-state index contributed by atoms with van der Waals surface area (Å²) in [5.74, 6) is -0.786. The SMILES string of the molecule is O=C(CCc1cnc[nH]1)N[C@@H](CCN1CC2=CN(C(=O)c3c(F)cccc3Cl)CC2C1)c1ccccc1. The van der Waals surface area contributed by atoms with Crippen LogP contribution in [0.5, 0.6) is 0 Å². The second kappa shape index (κ2) is 11.3. The number of aromatic amines is 1. The van der Waals surface area contributed by atoms with Crippen LogP contribution in [0.4, 0.5) is 4.39 Å². The standard InChI is InChI=1S/C28H29ClFN5O2/c29-23-7-4-8-24(30)27(23)28(37)35-16-20-14-34(15-21(20)17-35)12-11-25(19-5-2-1-3-6-19)33-26(36)10-9-22-13-31-18-32-22/h1-8,13,16,18,21,25H,9-12,14-15,17H2,(H,31,32)(H,33,36)/t21?,25-/m0/s1. The van der Waals surface area contributed by atoms with Crippen LogP contribution < -0.4 is 5.32 Å². The first-order valence-corrected chi connectivity index (χ1v) is 12.8. The van der Waals surface area contributed by atoms with Crippen LogP contribution in [0.15, 0.2) is 72.8 Å². The Morgan fingerprint density at radius 1 is 1.16 bits per heavy atom. The Labute approximate surface area is 220 Å². The molecule has 0 spiro atoms. The molecule has 1 aromatic heterocycles. The molecule has 37 heavy (non-hydrogen) atoms. The van der Waals surface area contributed by atoms with Gasteiger partial charge in [-0.25, -0.2) is 9.37 Å². The summed E-state index contributed by atoms with van der Waals surface area (Å²) in [6, 6.07) is 14.2. The lowest BCUT2D eigenvalue weighted by Gasteiger charge is -2.24. The first-order chi connectivity index (χ1) is 18.0. The van der Waals surface area contributed by atoms with Crippen LogP contribution in [0, 0.1) is 11.7 Å². The van der Waals surface area contributed by atoms with Gasteiger partial charge in [-0.2, -0.15) is 0 Å². The number of nitrogens with one attached hydrogen (secondary N) is 2. The Hall–Kier alpha value is -3.49. The maximum absolute atomic E-state index is 14.2. The number of hydrogen-bond donors (Lipinski definition) is 2. The van der Waals surface area contributed by atoms with Crippen molar-refractivity contribution in [2.75, 3.05) is 26.2 Å². The molecular formula is C28H29ClFN5O2. The van der Waals surface area contributed by atoms with Crippen LogP contribution >= 0.6 is 11.6 Å². The Morgan fingerprint density at radius 3 is 2.73 bits per heavy atom. The molecule has 3 aromatic rings. The van der Waals surface area contributed by atoms with Gasteiger partial charge in [-0.15, -0.1) is 0 Å². The van der Waals surface area contributed by atoms with Crippen LogP contribution in [0.2, 0.25) is 5.02 Å². The molecule has 2 aromatic carbocycles. The zero-order valence-electron chi connectivity index (χ0n) is 20.4. The third kappa shape index (κ3) is 5.92. The molecule has 1 unspecified atom stereocenters. The minimum Gasteiger partial charge on any atom is -0.349 e. The fraction of sp³-hybridized carbons (Fsp3) is 0.321. The van der Waals surface area contributed by atoms with Crippen molar-refractivity contribution < 1.29 is 14.0 Å². The summed E-state index contributed by atoms with van der Waals surface area (Å²) in [5, 5.41) is 3.33. The average molecular weight is 522 g/mol. The van der Waals surface area contributed by atoms with Gasteiger partial charge < -0.3 is 15.2 Å². The topological polar surface area (TPSA) is 81.3 Å². The third-order valence-corrected chi connectivity index (χ3v) is 7.35. The fourth-order valence-corrected chi connectivity index (χ4v) is 5.35. The van der Waals surface area contributed by atoms with Gasteiger partial charge in [-0.05, 0) is 36.1 Å². The molecule has 0 aliphatic carbocycles. The number of likely N-dealkylation sites (tertiary alicyclic amines) is 1. The van der Waals surface area contributed by atoms with E-state index in [1.165, 1.54) is 23.8 Å². The molecule has 192 valence electrons. The number of imidazole rings is 1. The quantitative estimate of drug-likeness (QED) is 0.438. The molecule has 2 amide bonds. The first-order valence-electron chi connectivity index (χ1n) is 12.5. The first kappa shape index (κ1) is 25.2. The minimum atomic E-state index is -0.604. The van der Waals surface area contributed by atoms with Crippen molar-refractivity contribution in [3.05, 3.63) is 100 Å². The van der Waals surface area contributed by atoms with Crippen LogP contribution in [0.3, 0.4) is 0 Å². The number of H-pyrrole nitrogens is 1. The van der Waals surface area contributed by atoms with Gasteiger partial charge in [0.1, 0.15) is 5.82 Å². The average Bonchev–Trinajstić information content (AvgIpc) is 3.63. The summed E-state index contributed by atoms with van der Waals surface area (Å²) in [4.78, 5) is 36.6. The highest BCUT2D eigenvalue weighted by atomic mass is 35.5. The molecule has 5 rings (SSSR count). The van der Waals surface area contributed by atoms with E-state index in [9.17, 15) is 14.0 Å². The molecule has 2 aliphatic heterocycles. The van der Waals surface area contributed by atoms with Crippen molar-refractivity contribution in [2.24, 2.45) is 5.92 Å². The summed E-state index contributed by atoms with van der Waals surface area (Å²) in [6.45, 7) is 2.88. The lowest BCUT2D eigenvalue weighted by Crippen LogP contribution is -2.33. The molecular weight excluding hydrogens is 493 g/mol. The van der Waals surface area contributed by atoms with Gasteiger partial charge in [0.2, 0.25) is 5.91 Å². The van der Waals surface area contributed by atoms with Crippen molar-refractivity contribution in [3.8, 4) is 0 Å². The molecule has 7 nitrogen and oxygen atoms in total. The zero-order valence-corrected chi connectivity index (χ0v) is 21.1. The Bertz CT molecular complexity index is 1260. The molecule has 0 radical (unpaired) electrons. The summed E-state index contributed by atoms with van der Waals surface area (Å²) in [7, 11) is 0. The lowest BCUT2D eigenvalue weighted by atomic mass is 10.0. The monoisotopic (exact) mass is 521 g/mol. The lowest BCUT2D eigenvalue weighted by molar-refractivity contribution is -0.121. The number of amides is 2. The number of aryl methyl sites for hydroxylation is 1. The summed E-state index contributed by atoms with van der Waals surface area (Å²) < 4.78 is 14.2. The van der Waals surface area contributed by atoms with Crippen molar-refractivity contribution in [1.29, 1.82) is 0 Å². The van der Waals surface area contributed by atoms with E-state index in [4.69, 9.17) is 11.6 Å². The summed E-state index contributed by atoms with van der Waals surface area (Å²) in [6.07, 6.45) is 6.98. The summed E-state index contributed by atoms with van der Waals surface area (Å²) >= 11 is 6.10. The smallest absolute Gasteiger partial charge is 0.262 e. The van der Waals surface area contributed by atoms with E-state index >= 15 is 0 Å². The predicted molar refractivity (Wildman–Crippen MR) is 139 cm³/mol. The molecule has 0 bridgehead atoms. The molecule has 3 heterocycles. The maximum atomic E-state index is 14.2. The maximum Gasteiger partial charge on any atom is 0.262 e. The van der Waals surface area contributed by atoms with E-state index < -0.39 is 11.7 Å². The second-order valence-electron chi connectivity index (χ2n) is 9.59. The highest BCUT2D eigenvalue weighted by molar-refractivity contribution is 6.33. The van der Waals surface area contributed by atoms with Crippen molar-refractivity contribution in [2.45, 2.75) is 25.3 Å². The van der Waals surface area contributed by atoms with E-state index in [1.54, 1.807) is 17.4 Å². The molecule has 2 N–H and O–H groups in total. The van der Waals surface area contributed by atoms with E-state index in [1.807, 2.05) is 36.5 Å². The molecule has 0 saturated carbocycles. The van der Waals surface area contributed by atoms with Crippen LogP contribution in [0.25, 0.3) is 0 Å². The molecule has 2 aliphatic rings. The Morgan fingerprint density at radius 2 is 2.00 bits per heavy atom. The molecule has 9 heteroatoms. The fourth-order valence-electron chi connectivity index (χ4n) is 5.11. The third-order valence-electron chi connectivity index (χ3n) is 7.03. The van der Waals surface area contributed by atoms with Gasteiger partial charge in [0.05, 0.1) is 23.0 Å². The largest absolute Gasteiger partial charge is 0.349 e. The van der Waals surface area contributed by atoms with Crippen molar-refractivity contribution in [3.63, 3.8) is 0 Å². The number of carbonyl (C=O) groups excluding carboxylic acids is 2. The predicted octanol–water partition coefficient (Wildman–Crippen LogP) is 4.35. The number of benzene rings is 2. The van der Waals surface area contributed by atoms with Crippen molar-refractivity contribution in [1.82, 2.24) is 25.1 Å². The van der Waals surface area contributed by atoms with Gasteiger partial charge >= 0.3 is 0 Å². The van der Waals surface area contributed by atoms with Gasteiger partial charge in [0.25, 0.3) is 5.91 Å². The number of rotatable bonds is 9. The zero-order chi connectivity index (χ0) is 25.8. The van der Waals surface area contributed by atoms with Gasteiger partial charge in [0, 0.05) is 56.6 Å². The van der Waals surface area contributed by atoms with Crippen LogP contribution in [0.1, 0.15) is 40.5 Å². The molecule has 1 fully saturated rings. The number of fused-ring (bicyclic) bond motifs is 1. The number of hydrogen-bond acceptors (Lipinski definition) is 4. The number of halogens is 2. The van der Waals surface area contributed by atoms with E-state index in [2.05, 4.69) is 20.2 Å². The molecule has 1 saturated heterocycles. The molecule has 2 atom stereocenters. The second-order valence-corrected chi connectivity index (χ2v) is 9.99. The number of aromatic nitrogens is 2. The van der Waals surface area contributed by atoms with E-state index in [0.717, 1.165) is 37.3 Å². The number of nitrogens with zero attached hydrogens (tertiary/aromatic N) is 3. The Kier molecular flexibility index (Phi) is 7.67. The minimum absolute atomic E-state index is 0.00501. The highest BCUT2D eigenvalue weighted by Crippen LogP contribution is 2.32. The Balaban J connectivity index is 1.18. The summed E-state index contributed by atoms with van der Waals surface area (Å²) in [5.41, 5.74) is 3.11. The highest BCUT2D eigenvalue weighted by Gasteiger charge is 2.36. The van der Waals surface area contributed by atoms with Crippen LogP contribution in [-0.2, 0) is 11.2 Å². The number of carbonyl (C=O) groups is 2. The van der Waals surface area contributed by atoms with Gasteiger partial charge in [-0.3, -0.25) is 14.5 Å². The van der Waals surface area contributed by atoms with Crippen LogP contribution in [-0.4, -0.2) is 57.8 Å². The van der Waals surface area contributed by atoms with Gasteiger partial charge in [-0.1, -0.05) is 48.0 Å².